The van der Waals surface area contributed by atoms with E-state index in [2.05, 4.69) is 0 Å². The number of esters is 1. The molecule has 0 amide bonds. The first-order valence-electron chi connectivity index (χ1n) is 6.79. The Morgan fingerprint density at radius 2 is 1.64 bits per heavy atom. The molecular formula is C15H21NO5S. The summed E-state index contributed by atoms with van der Waals surface area (Å²) < 4.78 is 31.0. The quantitative estimate of drug-likeness (QED) is 0.742. The van der Waals surface area contributed by atoms with Gasteiger partial charge in [0, 0.05) is 0 Å². The van der Waals surface area contributed by atoms with Crippen molar-refractivity contribution in [2.24, 2.45) is 0 Å². The minimum Gasteiger partial charge on any atom is -0.459 e. The maximum Gasteiger partial charge on any atom is 0.321 e. The highest BCUT2D eigenvalue weighted by atomic mass is 32.2. The van der Waals surface area contributed by atoms with Gasteiger partial charge in [0.2, 0.25) is 10.0 Å². The molecular weight excluding hydrogens is 306 g/mol. The Morgan fingerprint density at radius 1 is 1.09 bits per heavy atom. The number of hydrogen-bond acceptors (Lipinski definition) is 5. The van der Waals surface area contributed by atoms with Gasteiger partial charge in [-0.15, -0.1) is 0 Å². The summed E-state index contributed by atoms with van der Waals surface area (Å²) >= 11 is 0. The number of hydrogen-bond donors (Lipinski definition) is 0. The molecule has 7 heteroatoms. The smallest absolute Gasteiger partial charge is 0.321 e. The lowest BCUT2D eigenvalue weighted by Gasteiger charge is -2.24. The summed E-state index contributed by atoms with van der Waals surface area (Å²) in [6.45, 7) is 5.44. The Bertz CT molecular complexity index is 632. The predicted octanol–water partition coefficient (Wildman–Crippen LogP) is 1.61. The molecule has 1 aromatic carbocycles. The van der Waals surface area contributed by atoms with Gasteiger partial charge in [0.1, 0.15) is 17.9 Å². The topological polar surface area (TPSA) is 80.8 Å². The van der Waals surface area contributed by atoms with Crippen LogP contribution in [0, 0.1) is 0 Å². The van der Waals surface area contributed by atoms with Crippen molar-refractivity contribution in [1.29, 1.82) is 0 Å². The summed E-state index contributed by atoms with van der Waals surface area (Å²) in [6, 6.07) is 7.66. The predicted molar refractivity (Wildman–Crippen MR) is 81.7 cm³/mol. The van der Waals surface area contributed by atoms with Crippen LogP contribution in [0.15, 0.2) is 35.2 Å². The lowest BCUT2D eigenvalue weighted by Crippen LogP contribution is -2.41. The fraction of sp³-hybridized carbons (Fsp3) is 0.467. The van der Waals surface area contributed by atoms with Crippen LogP contribution < -0.4 is 0 Å². The molecule has 1 rings (SSSR count). The average Bonchev–Trinajstić information content (AvgIpc) is 2.36. The fourth-order valence-electron chi connectivity index (χ4n) is 1.73. The van der Waals surface area contributed by atoms with Crippen molar-refractivity contribution in [3.8, 4) is 0 Å². The summed E-state index contributed by atoms with van der Waals surface area (Å²) in [5.74, 6) is -1.06. The molecule has 0 bridgehead atoms. The van der Waals surface area contributed by atoms with E-state index in [1.807, 2.05) is 0 Å². The lowest BCUT2D eigenvalue weighted by atomic mass is 10.2. The van der Waals surface area contributed by atoms with Crippen molar-refractivity contribution in [2.45, 2.75) is 38.2 Å². The number of ketones is 1. The number of carbonyl (C=O) groups excluding carboxylic acids is 2. The van der Waals surface area contributed by atoms with E-state index in [1.165, 1.54) is 19.1 Å². The largest absolute Gasteiger partial charge is 0.459 e. The molecule has 0 aliphatic rings. The Kier molecular flexibility index (Phi) is 5.85. The number of benzene rings is 1. The van der Waals surface area contributed by atoms with Gasteiger partial charge >= 0.3 is 5.97 Å². The van der Waals surface area contributed by atoms with E-state index >= 15 is 0 Å². The van der Waals surface area contributed by atoms with Crippen LogP contribution in [0.25, 0.3) is 0 Å². The molecule has 0 aliphatic heterocycles. The summed E-state index contributed by atoms with van der Waals surface area (Å²) in [7, 11) is -3.94. The Balaban J connectivity index is 3.03. The molecule has 0 heterocycles. The molecule has 6 nitrogen and oxygen atoms in total. The molecule has 0 fully saturated rings. The molecule has 0 unspecified atom stereocenters. The molecule has 0 saturated carbocycles. The Morgan fingerprint density at radius 3 is 2.09 bits per heavy atom. The molecule has 0 spiro atoms. The van der Waals surface area contributed by atoms with Crippen LogP contribution in [-0.2, 0) is 24.3 Å². The van der Waals surface area contributed by atoms with Crippen molar-refractivity contribution < 1.29 is 22.7 Å². The summed E-state index contributed by atoms with van der Waals surface area (Å²) in [4.78, 5) is 23.3. The molecule has 0 atom stereocenters. The number of Topliss-reactive ketones (excluding diaryl/α,β-unsaturated/α-hetero) is 1. The van der Waals surface area contributed by atoms with Gasteiger partial charge in [-0.05, 0) is 39.8 Å². The van der Waals surface area contributed by atoms with E-state index in [0.717, 1.165) is 4.31 Å². The zero-order valence-corrected chi connectivity index (χ0v) is 14.0. The van der Waals surface area contributed by atoms with Crippen molar-refractivity contribution in [2.75, 3.05) is 13.1 Å². The minimum absolute atomic E-state index is 0.0276. The van der Waals surface area contributed by atoms with E-state index in [4.69, 9.17) is 4.74 Å². The summed E-state index contributed by atoms with van der Waals surface area (Å²) in [6.07, 6.45) is 0. The lowest BCUT2D eigenvalue weighted by molar-refractivity contribution is -0.154. The molecule has 122 valence electrons. The van der Waals surface area contributed by atoms with E-state index < -0.39 is 28.1 Å². The molecule has 0 saturated heterocycles. The SMILES string of the molecule is CC(=O)CN(CC(=O)OC(C)(C)C)S(=O)(=O)c1ccccc1. The zero-order valence-electron chi connectivity index (χ0n) is 13.2. The van der Waals surface area contributed by atoms with Gasteiger partial charge in [0.15, 0.2) is 0 Å². The van der Waals surface area contributed by atoms with Gasteiger partial charge in [-0.25, -0.2) is 8.42 Å². The van der Waals surface area contributed by atoms with Gasteiger partial charge in [-0.2, -0.15) is 4.31 Å². The van der Waals surface area contributed by atoms with Crippen LogP contribution >= 0.6 is 0 Å². The van der Waals surface area contributed by atoms with Gasteiger partial charge in [-0.3, -0.25) is 9.59 Å². The maximum absolute atomic E-state index is 12.5. The van der Waals surface area contributed by atoms with E-state index in [-0.39, 0.29) is 17.2 Å². The normalized spacial score (nSPS) is 12.2. The first kappa shape index (κ1) is 18.3. The second kappa shape index (κ2) is 7.02. The second-order valence-corrected chi connectivity index (χ2v) is 7.81. The van der Waals surface area contributed by atoms with Crippen LogP contribution in [0.2, 0.25) is 0 Å². The van der Waals surface area contributed by atoms with Gasteiger partial charge in [0.25, 0.3) is 0 Å². The standard InChI is InChI=1S/C15H21NO5S/c1-12(17)10-16(11-14(18)21-15(2,3)4)22(19,20)13-8-6-5-7-9-13/h5-9H,10-11H2,1-4H3. The van der Waals surface area contributed by atoms with Crippen molar-refractivity contribution in [3.63, 3.8) is 0 Å². The third kappa shape index (κ3) is 5.57. The molecule has 1 aromatic rings. The van der Waals surface area contributed by atoms with Crippen LogP contribution in [0.3, 0.4) is 0 Å². The number of nitrogens with zero attached hydrogens (tertiary/aromatic N) is 1. The Hall–Kier alpha value is -1.73. The molecule has 0 aliphatic carbocycles. The van der Waals surface area contributed by atoms with E-state index in [1.54, 1.807) is 39.0 Å². The average molecular weight is 327 g/mol. The number of ether oxygens (including phenoxy) is 1. The van der Waals surface area contributed by atoms with Crippen molar-refractivity contribution >= 4 is 21.8 Å². The van der Waals surface area contributed by atoms with E-state index in [0.29, 0.717) is 0 Å². The first-order valence-corrected chi connectivity index (χ1v) is 8.23. The monoisotopic (exact) mass is 327 g/mol. The van der Waals surface area contributed by atoms with Crippen LogP contribution in [0.5, 0.6) is 0 Å². The molecule has 0 aromatic heterocycles. The zero-order chi connectivity index (χ0) is 17.0. The Labute approximate surface area is 131 Å². The number of sulfonamides is 1. The van der Waals surface area contributed by atoms with Crippen LogP contribution in [0.4, 0.5) is 0 Å². The highest BCUT2D eigenvalue weighted by Gasteiger charge is 2.29. The third-order valence-electron chi connectivity index (χ3n) is 2.51. The van der Waals surface area contributed by atoms with Crippen molar-refractivity contribution in [1.82, 2.24) is 4.31 Å². The highest BCUT2D eigenvalue weighted by Crippen LogP contribution is 2.16. The molecule has 0 N–H and O–H groups in total. The van der Waals surface area contributed by atoms with E-state index in [9.17, 15) is 18.0 Å². The third-order valence-corrected chi connectivity index (χ3v) is 4.31. The minimum atomic E-state index is -3.94. The maximum atomic E-state index is 12.5. The van der Waals surface area contributed by atoms with Crippen LogP contribution in [0.1, 0.15) is 27.7 Å². The first-order chi connectivity index (χ1) is 10.0. The van der Waals surface area contributed by atoms with Gasteiger partial charge in [-0.1, -0.05) is 18.2 Å². The van der Waals surface area contributed by atoms with Gasteiger partial charge < -0.3 is 4.74 Å². The number of rotatable bonds is 6. The van der Waals surface area contributed by atoms with Crippen molar-refractivity contribution in [3.05, 3.63) is 30.3 Å². The molecule has 0 radical (unpaired) electrons. The second-order valence-electron chi connectivity index (χ2n) is 5.87. The number of carbonyl (C=O) groups is 2. The fourth-order valence-corrected chi connectivity index (χ4v) is 3.16. The summed E-state index contributed by atoms with van der Waals surface area (Å²) in [5.41, 5.74) is -0.727. The summed E-state index contributed by atoms with van der Waals surface area (Å²) in [5, 5.41) is 0. The molecule has 22 heavy (non-hydrogen) atoms. The van der Waals surface area contributed by atoms with Gasteiger partial charge in [0.05, 0.1) is 11.4 Å². The highest BCUT2D eigenvalue weighted by molar-refractivity contribution is 7.89. The van der Waals surface area contributed by atoms with Crippen LogP contribution in [-0.4, -0.2) is 43.2 Å².